The summed E-state index contributed by atoms with van der Waals surface area (Å²) in [7, 11) is 4.82. The number of aromatic nitrogens is 1. The smallest absolute Gasteiger partial charge is 0.203 e. The third-order valence-corrected chi connectivity index (χ3v) is 3.86. The molecule has 3 aromatic rings. The molecule has 3 rings (SSSR count). The summed E-state index contributed by atoms with van der Waals surface area (Å²) >= 11 is 0. The Morgan fingerprint density at radius 2 is 1.50 bits per heavy atom. The van der Waals surface area contributed by atoms with Crippen LogP contribution in [0.25, 0.3) is 22.0 Å². The molecule has 0 fully saturated rings. The third-order valence-electron chi connectivity index (χ3n) is 3.86. The second kappa shape index (κ2) is 7.41. The van der Waals surface area contributed by atoms with Crippen LogP contribution in [0, 0.1) is 6.92 Å². The van der Waals surface area contributed by atoms with Crippen molar-refractivity contribution in [1.82, 2.24) is 4.98 Å². The maximum atomic E-state index is 5.44. The normalized spacial score (nSPS) is 10.2. The van der Waals surface area contributed by atoms with Gasteiger partial charge in [0.1, 0.15) is 0 Å². The fraction of sp³-hybridized carbons (Fsp3) is 0.211. The van der Waals surface area contributed by atoms with Gasteiger partial charge in [0.05, 0.1) is 27.0 Å². The minimum Gasteiger partial charge on any atom is -0.493 e. The van der Waals surface area contributed by atoms with Crippen molar-refractivity contribution in [2.45, 2.75) is 6.92 Å². The third kappa shape index (κ3) is 3.10. The van der Waals surface area contributed by atoms with E-state index in [1.54, 1.807) is 21.3 Å². The van der Waals surface area contributed by atoms with Crippen LogP contribution in [-0.2, 0) is 0 Å². The lowest BCUT2D eigenvalue weighted by Crippen LogP contribution is -1.96. The zero-order valence-electron chi connectivity index (χ0n) is 14.1. The van der Waals surface area contributed by atoms with Gasteiger partial charge in [-0.3, -0.25) is 4.98 Å². The highest BCUT2D eigenvalue weighted by Gasteiger charge is 2.16. The number of halogens is 1. The van der Waals surface area contributed by atoms with Crippen LogP contribution < -0.4 is 14.2 Å². The molecule has 5 heteroatoms. The summed E-state index contributed by atoms with van der Waals surface area (Å²) in [6.45, 7) is 2.08. The van der Waals surface area contributed by atoms with Crippen molar-refractivity contribution in [3.05, 3.63) is 48.2 Å². The van der Waals surface area contributed by atoms with Crippen LogP contribution in [0.4, 0.5) is 0 Å². The predicted molar refractivity (Wildman–Crippen MR) is 98.8 cm³/mol. The number of fused-ring (bicyclic) bond motifs is 1. The second-order valence-corrected chi connectivity index (χ2v) is 5.30. The predicted octanol–water partition coefficient (Wildman–Crippen LogP) is 4.66. The van der Waals surface area contributed by atoms with Crippen molar-refractivity contribution in [2.75, 3.05) is 21.3 Å². The summed E-state index contributed by atoms with van der Waals surface area (Å²) in [6, 6.07) is 12.2. The molecule has 0 aliphatic rings. The van der Waals surface area contributed by atoms with Crippen molar-refractivity contribution in [3.8, 4) is 28.5 Å². The summed E-state index contributed by atoms with van der Waals surface area (Å²) in [5, 5.41) is 2.25. The Hall–Kier alpha value is -2.46. The van der Waals surface area contributed by atoms with E-state index in [0.717, 1.165) is 22.0 Å². The van der Waals surface area contributed by atoms with Crippen molar-refractivity contribution in [3.63, 3.8) is 0 Å². The molecule has 1 heterocycles. The molecule has 0 amide bonds. The molecule has 24 heavy (non-hydrogen) atoms. The number of methoxy groups -OCH3 is 3. The van der Waals surface area contributed by atoms with Gasteiger partial charge >= 0.3 is 0 Å². The van der Waals surface area contributed by atoms with Gasteiger partial charge in [0.25, 0.3) is 0 Å². The second-order valence-electron chi connectivity index (χ2n) is 5.30. The topological polar surface area (TPSA) is 40.6 Å². The fourth-order valence-corrected chi connectivity index (χ4v) is 2.75. The van der Waals surface area contributed by atoms with E-state index in [4.69, 9.17) is 14.2 Å². The van der Waals surface area contributed by atoms with Gasteiger partial charge in [0.15, 0.2) is 11.5 Å². The standard InChI is InChI=1S/C19H19NO3.ClH/c1-12-5-6-15-13(9-12)7-8-20-18(15)14-10-16(21-2)19(23-4)17(11-14)22-3;/h5-11H,1-4H3;1H. The quantitative estimate of drug-likeness (QED) is 0.689. The average Bonchev–Trinajstić information content (AvgIpc) is 2.59. The van der Waals surface area contributed by atoms with Gasteiger partial charge in [-0.2, -0.15) is 0 Å². The lowest BCUT2D eigenvalue weighted by atomic mass is 10.0. The number of pyridine rings is 1. The largest absolute Gasteiger partial charge is 0.493 e. The molecule has 0 N–H and O–H groups in total. The molecule has 0 bridgehead atoms. The summed E-state index contributed by atoms with van der Waals surface area (Å²) in [5.41, 5.74) is 3.04. The summed E-state index contributed by atoms with van der Waals surface area (Å²) < 4.78 is 16.3. The van der Waals surface area contributed by atoms with Crippen LogP contribution in [0.3, 0.4) is 0 Å². The molecule has 0 spiro atoms. The van der Waals surface area contributed by atoms with Crippen LogP contribution >= 0.6 is 12.4 Å². The van der Waals surface area contributed by atoms with Gasteiger partial charge in [-0.1, -0.05) is 23.8 Å². The molecule has 4 nitrogen and oxygen atoms in total. The first-order valence-corrected chi connectivity index (χ1v) is 7.33. The number of rotatable bonds is 4. The zero-order chi connectivity index (χ0) is 16.4. The van der Waals surface area contributed by atoms with Crippen LogP contribution in [-0.4, -0.2) is 26.3 Å². The molecular weight excluding hydrogens is 326 g/mol. The molecule has 126 valence electrons. The van der Waals surface area contributed by atoms with Gasteiger partial charge in [-0.05, 0) is 30.5 Å². The Kier molecular flexibility index (Phi) is 5.52. The first kappa shape index (κ1) is 17.9. The maximum absolute atomic E-state index is 5.44. The van der Waals surface area contributed by atoms with Crippen LogP contribution in [0.2, 0.25) is 0 Å². The Morgan fingerprint density at radius 3 is 2.08 bits per heavy atom. The van der Waals surface area contributed by atoms with Crippen molar-refractivity contribution in [1.29, 1.82) is 0 Å². The molecule has 0 radical (unpaired) electrons. The van der Waals surface area contributed by atoms with E-state index < -0.39 is 0 Å². The Balaban J connectivity index is 0.00000208. The highest BCUT2D eigenvalue weighted by molar-refractivity contribution is 5.95. The Bertz CT molecular complexity index is 839. The SMILES string of the molecule is COc1cc(-c2nccc3cc(C)ccc23)cc(OC)c1OC.Cl. The molecule has 0 atom stereocenters. The van der Waals surface area contributed by atoms with E-state index in [1.807, 2.05) is 24.4 Å². The molecule has 0 aliphatic heterocycles. The first-order chi connectivity index (χ1) is 11.2. The van der Waals surface area contributed by atoms with E-state index in [9.17, 15) is 0 Å². The molecule has 0 aliphatic carbocycles. The number of aryl methyl sites for hydroxylation is 1. The number of nitrogens with zero attached hydrogens (tertiary/aromatic N) is 1. The lowest BCUT2D eigenvalue weighted by molar-refractivity contribution is 0.324. The number of ether oxygens (including phenoxy) is 3. The molecular formula is C19H20ClNO3. The monoisotopic (exact) mass is 345 g/mol. The van der Waals surface area contributed by atoms with E-state index in [2.05, 4.69) is 30.1 Å². The molecule has 0 unspecified atom stereocenters. The number of benzene rings is 2. The molecule has 0 saturated carbocycles. The fourth-order valence-electron chi connectivity index (χ4n) is 2.75. The number of hydrogen-bond acceptors (Lipinski definition) is 4. The molecule has 0 saturated heterocycles. The summed E-state index contributed by atoms with van der Waals surface area (Å²) in [4.78, 5) is 4.56. The van der Waals surface area contributed by atoms with Crippen LogP contribution in [0.1, 0.15) is 5.56 Å². The van der Waals surface area contributed by atoms with Gasteiger partial charge < -0.3 is 14.2 Å². The van der Waals surface area contributed by atoms with E-state index in [0.29, 0.717) is 17.2 Å². The van der Waals surface area contributed by atoms with Gasteiger partial charge in [0, 0.05) is 17.1 Å². The summed E-state index contributed by atoms with van der Waals surface area (Å²) in [5.74, 6) is 1.82. The lowest BCUT2D eigenvalue weighted by Gasteiger charge is -2.14. The van der Waals surface area contributed by atoms with Gasteiger partial charge in [-0.25, -0.2) is 0 Å². The van der Waals surface area contributed by atoms with E-state index in [1.165, 1.54) is 5.56 Å². The van der Waals surface area contributed by atoms with Crippen LogP contribution in [0.5, 0.6) is 17.2 Å². The van der Waals surface area contributed by atoms with E-state index >= 15 is 0 Å². The van der Waals surface area contributed by atoms with Crippen molar-refractivity contribution >= 4 is 23.2 Å². The van der Waals surface area contributed by atoms with Gasteiger partial charge in [0.2, 0.25) is 5.75 Å². The first-order valence-electron chi connectivity index (χ1n) is 7.33. The Labute approximate surface area is 147 Å². The minimum atomic E-state index is 0. The molecule has 1 aromatic heterocycles. The average molecular weight is 346 g/mol. The summed E-state index contributed by atoms with van der Waals surface area (Å²) in [6.07, 6.45) is 1.82. The minimum absolute atomic E-state index is 0. The van der Waals surface area contributed by atoms with E-state index in [-0.39, 0.29) is 12.4 Å². The van der Waals surface area contributed by atoms with Crippen LogP contribution in [0.15, 0.2) is 42.6 Å². The van der Waals surface area contributed by atoms with Gasteiger partial charge in [-0.15, -0.1) is 12.4 Å². The van der Waals surface area contributed by atoms with Crippen molar-refractivity contribution in [2.24, 2.45) is 0 Å². The highest BCUT2D eigenvalue weighted by atomic mass is 35.5. The maximum Gasteiger partial charge on any atom is 0.203 e. The highest BCUT2D eigenvalue weighted by Crippen LogP contribution is 2.41. The Morgan fingerprint density at radius 1 is 0.833 bits per heavy atom. The number of hydrogen-bond donors (Lipinski definition) is 0. The zero-order valence-corrected chi connectivity index (χ0v) is 14.9. The van der Waals surface area contributed by atoms with Crippen molar-refractivity contribution < 1.29 is 14.2 Å². The molecule has 2 aromatic carbocycles.